The van der Waals surface area contributed by atoms with Crippen LogP contribution in [0.15, 0.2) is 24.3 Å². The molecule has 1 unspecified atom stereocenters. The molecule has 1 atom stereocenters. The predicted octanol–water partition coefficient (Wildman–Crippen LogP) is 3.40. The van der Waals surface area contributed by atoms with Crippen LogP contribution in [0.1, 0.15) is 35.4 Å². The van der Waals surface area contributed by atoms with Gasteiger partial charge < -0.3 is 10.5 Å². The molecule has 19 heavy (non-hydrogen) atoms. The van der Waals surface area contributed by atoms with Gasteiger partial charge in [0.1, 0.15) is 5.75 Å². The summed E-state index contributed by atoms with van der Waals surface area (Å²) in [5.74, 6) is 1.54. The van der Waals surface area contributed by atoms with Gasteiger partial charge in [0, 0.05) is 4.88 Å². The summed E-state index contributed by atoms with van der Waals surface area (Å²) in [6, 6.07) is 8.50. The first-order chi connectivity index (χ1) is 9.26. The lowest BCUT2D eigenvalue weighted by Crippen LogP contribution is -2.11. The molecule has 0 saturated heterocycles. The van der Waals surface area contributed by atoms with Crippen LogP contribution in [0.2, 0.25) is 0 Å². The number of nitrogens with zero attached hydrogens (tertiary/aromatic N) is 1. The minimum Gasteiger partial charge on any atom is -0.494 e. The summed E-state index contributed by atoms with van der Waals surface area (Å²) in [6.45, 7) is 2.72. The van der Waals surface area contributed by atoms with Crippen molar-refractivity contribution in [2.75, 3.05) is 12.3 Å². The van der Waals surface area contributed by atoms with Crippen molar-refractivity contribution in [3.63, 3.8) is 0 Å². The van der Waals surface area contributed by atoms with Crippen molar-refractivity contribution in [2.45, 2.75) is 32.1 Å². The zero-order valence-corrected chi connectivity index (χ0v) is 11.9. The third-order valence-electron chi connectivity index (χ3n) is 3.62. The maximum Gasteiger partial charge on any atom is 0.180 e. The van der Waals surface area contributed by atoms with Gasteiger partial charge in [-0.1, -0.05) is 12.1 Å². The average Bonchev–Trinajstić information content (AvgIpc) is 2.79. The van der Waals surface area contributed by atoms with E-state index in [0.29, 0.717) is 17.7 Å². The second kappa shape index (κ2) is 5.21. The van der Waals surface area contributed by atoms with Gasteiger partial charge in [0.2, 0.25) is 0 Å². The molecule has 1 aliphatic carbocycles. The molecule has 2 aromatic rings. The highest BCUT2D eigenvalue weighted by Gasteiger charge is 2.23. The summed E-state index contributed by atoms with van der Waals surface area (Å²) in [5, 5.41) is 0.706. The zero-order valence-electron chi connectivity index (χ0n) is 11.1. The molecule has 3 rings (SSSR count). The van der Waals surface area contributed by atoms with E-state index in [1.807, 2.05) is 6.92 Å². The molecule has 0 fully saturated rings. The van der Waals surface area contributed by atoms with E-state index in [2.05, 4.69) is 29.2 Å². The van der Waals surface area contributed by atoms with E-state index >= 15 is 0 Å². The Balaban J connectivity index is 1.77. The minimum atomic E-state index is 0.586. The highest BCUT2D eigenvalue weighted by molar-refractivity contribution is 7.15. The van der Waals surface area contributed by atoms with Gasteiger partial charge in [0.15, 0.2) is 5.13 Å². The van der Waals surface area contributed by atoms with Crippen LogP contribution in [-0.4, -0.2) is 11.6 Å². The number of nitrogens with two attached hydrogens (primary N) is 1. The number of nitrogen functional groups attached to an aromatic ring is 1. The molecule has 0 bridgehead atoms. The molecule has 0 spiro atoms. The fraction of sp³-hybridized carbons (Fsp3) is 0.400. The maximum absolute atomic E-state index is 5.79. The van der Waals surface area contributed by atoms with Crippen LogP contribution in [0, 0.1) is 0 Å². The Morgan fingerprint density at radius 2 is 2.16 bits per heavy atom. The van der Waals surface area contributed by atoms with E-state index < -0.39 is 0 Å². The lowest BCUT2D eigenvalue weighted by molar-refractivity contribution is 0.340. The van der Waals surface area contributed by atoms with E-state index in [9.17, 15) is 0 Å². The standard InChI is InChI=1S/C15H18N2OS/c1-2-18-12-6-3-10(4-7-12)11-5-8-13-14(9-11)19-15(16)17-13/h3-4,6-7,11H,2,5,8-9H2,1H3,(H2,16,17). The fourth-order valence-corrected chi connectivity index (χ4v) is 3.64. The van der Waals surface area contributed by atoms with Crippen LogP contribution in [-0.2, 0) is 12.8 Å². The Morgan fingerprint density at radius 3 is 2.89 bits per heavy atom. The Morgan fingerprint density at radius 1 is 1.37 bits per heavy atom. The van der Waals surface area contributed by atoms with Gasteiger partial charge in [-0.05, 0) is 49.8 Å². The molecule has 100 valence electrons. The molecule has 3 nitrogen and oxygen atoms in total. The third-order valence-corrected chi connectivity index (χ3v) is 4.57. The summed E-state index contributed by atoms with van der Waals surface area (Å²) in [4.78, 5) is 5.76. The van der Waals surface area contributed by atoms with Gasteiger partial charge in [-0.15, -0.1) is 11.3 Å². The van der Waals surface area contributed by atoms with E-state index in [-0.39, 0.29) is 0 Å². The second-order valence-electron chi connectivity index (χ2n) is 4.86. The number of hydrogen-bond donors (Lipinski definition) is 1. The number of ether oxygens (including phenoxy) is 1. The smallest absolute Gasteiger partial charge is 0.180 e. The van der Waals surface area contributed by atoms with Crippen LogP contribution in [0.25, 0.3) is 0 Å². The Kier molecular flexibility index (Phi) is 3.42. The summed E-state index contributed by atoms with van der Waals surface area (Å²) in [5.41, 5.74) is 8.39. The number of thiazole rings is 1. The number of benzene rings is 1. The number of hydrogen-bond acceptors (Lipinski definition) is 4. The lowest BCUT2D eigenvalue weighted by Gasteiger charge is -2.21. The molecule has 1 aromatic heterocycles. The first kappa shape index (κ1) is 12.5. The van der Waals surface area contributed by atoms with E-state index in [1.165, 1.54) is 16.1 Å². The first-order valence-corrected chi connectivity index (χ1v) is 7.54. The van der Waals surface area contributed by atoms with E-state index in [4.69, 9.17) is 10.5 Å². The Labute approximate surface area is 117 Å². The summed E-state index contributed by atoms with van der Waals surface area (Å²) in [6.07, 6.45) is 3.27. The van der Waals surface area contributed by atoms with Gasteiger partial charge in [-0.3, -0.25) is 0 Å². The van der Waals surface area contributed by atoms with Gasteiger partial charge in [-0.25, -0.2) is 4.98 Å². The Hall–Kier alpha value is -1.55. The van der Waals surface area contributed by atoms with Crippen LogP contribution in [0.5, 0.6) is 5.75 Å². The largest absolute Gasteiger partial charge is 0.494 e. The SMILES string of the molecule is CCOc1ccc(C2CCc3nc(N)sc3C2)cc1. The summed E-state index contributed by atoms with van der Waals surface area (Å²) in [7, 11) is 0. The van der Waals surface area contributed by atoms with E-state index in [0.717, 1.165) is 25.0 Å². The topological polar surface area (TPSA) is 48.1 Å². The normalized spacial score (nSPS) is 18.1. The van der Waals surface area contributed by atoms with Crippen LogP contribution < -0.4 is 10.5 Å². The molecular weight excluding hydrogens is 256 g/mol. The molecule has 0 radical (unpaired) electrons. The first-order valence-electron chi connectivity index (χ1n) is 6.73. The van der Waals surface area contributed by atoms with Gasteiger partial charge >= 0.3 is 0 Å². The number of aryl methyl sites for hydroxylation is 1. The number of fused-ring (bicyclic) bond motifs is 1. The van der Waals surface area contributed by atoms with Crippen molar-refractivity contribution in [2.24, 2.45) is 0 Å². The predicted molar refractivity (Wildman–Crippen MR) is 78.9 cm³/mol. The average molecular weight is 274 g/mol. The van der Waals surface area contributed by atoms with Crippen molar-refractivity contribution in [1.29, 1.82) is 0 Å². The summed E-state index contributed by atoms with van der Waals surface area (Å²) >= 11 is 1.64. The maximum atomic E-state index is 5.79. The van der Waals surface area contributed by atoms with Crippen LogP contribution in [0.3, 0.4) is 0 Å². The van der Waals surface area contributed by atoms with Crippen LogP contribution >= 0.6 is 11.3 Å². The highest BCUT2D eigenvalue weighted by atomic mass is 32.1. The lowest BCUT2D eigenvalue weighted by atomic mass is 9.85. The molecule has 0 aliphatic heterocycles. The monoisotopic (exact) mass is 274 g/mol. The molecular formula is C15H18N2OS. The van der Waals surface area contributed by atoms with Crippen LogP contribution in [0.4, 0.5) is 5.13 Å². The highest BCUT2D eigenvalue weighted by Crippen LogP contribution is 2.36. The summed E-state index contributed by atoms with van der Waals surface area (Å²) < 4.78 is 5.48. The fourth-order valence-electron chi connectivity index (χ4n) is 2.68. The molecule has 1 heterocycles. The van der Waals surface area contributed by atoms with Crippen molar-refractivity contribution in [3.8, 4) is 5.75 Å². The quantitative estimate of drug-likeness (QED) is 0.933. The number of anilines is 1. The van der Waals surface area contributed by atoms with Crippen molar-refractivity contribution < 1.29 is 4.74 Å². The molecule has 2 N–H and O–H groups in total. The van der Waals surface area contributed by atoms with Crippen molar-refractivity contribution in [3.05, 3.63) is 40.4 Å². The zero-order chi connectivity index (χ0) is 13.2. The molecule has 4 heteroatoms. The van der Waals surface area contributed by atoms with Gasteiger partial charge in [0.25, 0.3) is 0 Å². The Bertz CT molecular complexity index is 562. The molecule has 1 aromatic carbocycles. The van der Waals surface area contributed by atoms with Crippen molar-refractivity contribution >= 4 is 16.5 Å². The third kappa shape index (κ3) is 2.59. The minimum absolute atomic E-state index is 0.586. The van der Waals surface area contributed by atoms with Gasteiger partial charge in [-0.2, -0.15) is 0 Å². The van der Waals surface area contributed by atoms with Crippen molar-refractivity contribution in [1.82, 2.24) is 4.98 Å². The molecule has 0 saturated carbocycles. The molecule has 0 amide bonds. The molecule has 1 aliphatic rings. The second-order valence-corrected chi connectivity index (χ2v) is 5.98. The number of rotatable bonds is 3. The van der Waals surface area contributed by atoms with Gasteiger partial charge in [0.05, 0.1) is 12.3 Å². The van der Waals surface area contributed by atoms with E-state index in [1.54, 1.807) is 11.3 Å². The number of aromatic nitrogens is 1.